The molecule has 0 radical (unpaired) electrons. The van der Waals surface area contributed by atoms with Crippen LogP contribution in [0.5, 0.6) is 0 Å². The van der Waals surface area contributed by atoms with Crippen molar-refractivity contribution in [2.45, 2.75) is 51.0 Å². The minimum absolute atomic E-state index is 1.03. The minimum Gasteiger partial charge on any atom is -0.300 e. The summed E-state index contributed by atoms with van der Waals surface area (Å²) in [5.41, 5.74) is 0. The van der Waals surface area contributed by atoms with Gasteiger partial charge in [-0.25, -0.2) is 0 Å². The Morgan fingerprint density at radius 1 is 0.667 bits per heavy atom. The summed E-state index contributed by atoms with van der Waals surface area (Å²) in [4.78, 5) is 2.87. The van der Waals surface area contributed by atoms with Crippen molar-refractivity contribution in [2.75, 3.05) is 13.1 Å². The molecule has 5 fully saturated rings. The molecule has 84 valence electrons. The van der Waals surface area contributed by atoms with E-state index in [1.807, 2.05) is 0 Å². The first-order chi connectivity index (χ1) is 7.40. The molecule has 1 aliphatic heterocycles. The number of hydrogen-bond donors (Lipinski definition) is 0. The van der Waals surface area contributed by atoms with Gasteiger partial charge in [0.15, 0.2) is 0 Å². The number of hydrogen-bond acceptors (Lipinski definition) is 1. The third-order valence-electron chi connectivity index (χ3n) is 5.74. The fourth-order valence-electron chi connectivity index (χ4n) is 5.53. The van der Waals surface area contributed by atoms with Crippen molar-refractivity contribution in [3.05, 3.63) is 0 Å². The summed E-state index contributed by atoms with van der Waals surface area (Å²) >= 11 is 0. The Morgan fingerprint density at radius 2 is 1.20 bits per heavy atom. The summed E-state index contributed by atoms with van der Waals surface area (Å²) in [5.74, 6) is 4.51. The van der Waals surface area contributed by atoms with E-state index in [2.05, 4.69) is 4.90 Å². The third kappa shape index (κ3) is 1.32. The fourth-order valence-corrected chi connectivity index (χ4v) is 5.53. The molecular formula is C14H23N. The first-order valence-corrected chi connectivity index (χ1v) is 7.14. The molecule has 1 heteroatoms. The van der Waals surface area contributed by atoms with Crippen molar-refractivity contribution in [2.24, 2.45) is 23.7 Å². The van der Waals surface area contributed by atoms with Crippen molar-refractivity contribution < 1.29 is 0 Å². The molecule has 1 heterocycles. The Balaban J connectivity index is 1.59. The van der Waals surface area contributed by atoms with Crippen molar-refractivity contribution in [1.82, 2.24) is 4.90 Å². The highest BCUT2D eigenvalue weighted by Gasteiger charge is 2.50. The van der Waals surface area contributed by atoms with Crippen molar-refractivity contribution in [3.8, 4) is 0 Å². The highest BCUT2D eigenvalue weighted by Crippen LogP contribution is 2.55. The maximum Gasteiger partial charge on any atom is 0.0152 e. The molecule has 4 aliphatic carbocycles. The van der Waals surface area contributed by atoms with Crippen molar-refractivity contribution in [1.29, 1.82) is 0 Å². The molecule has 1 saturated heterocycles. The lowest BCUT2D eigenvalue weighted by Gasteiger charge is -2.56. The van der Waals surface area contributed by atoms with Gasteiger partial charge in [0.2, 0.25) is 0 Å². The smallest absolute Gasteiger partial charge is 0.0152 e. The molecule has 4 saturated carbocycles. The normalized spacial score (nSPS) is 54.0. The minimum atomic E-state index is 1.03. The maximum atomic E-state index is 2.87. The molecule has 0 aromatic rings. The Kier molecular flexibility index (Phi) is 1.94. The molecule has 0 spiro atoms. The lowest BCUT2D eigenvalue weighted by Crippen LogP contribution is -2.55. The van der Waals surface area contributed by atoms with E-state index in [0.717, 1.165) is 29.7 Å². The maximum absolute atomic E-state index is 2.87. The van der Waals surface area contributed by atoms with Gasteiger partial charge in [-0.2, -0.15) is 0 Å². The zero-order valence-corrected chi connectivity index (χ0v) is 9.70. The first kappa shape index (κ1) is 9.04. The van der Waals surface area contributed by atoms with Crippen molar-refractivity contribution >= 4 is 0 Å². The van der Waals surface area contributed by atoms with Gasteiger partial charge in [-0.05, 0) is 81.7 Å². The topological polar surface area (TPSA) is 3.24 Å². The zero-order chi connectivity index (χ0) is 9.83. The molecule has 0 unspecified atom stereocenters. The molecule has 15 heavy (non-hydrogen) atoms. The van der Waals surface area contributed by atoms with E-state index >= 15 is 0 Å². The van der Waals surface area contributed by atoms with Gasteiger partial charge in [0.1, 0.15) is 0 Å². The van der Waals surface area contributed by atoms with E-state index in [1.54, 1.807) is 32.1 Å². The Morgan fingerprint density at radius 3 is 1.73 bits per heavy atom. The third-order valence-corrected chi connectivity index (χ3v) is 5.74. The van der Waals surface area contributed by atoms with Gasteiger partial charge in [-0.15, -0.1) is 0 Å². The number of rotatable bonds is 1. The van der Waals surface area contributed by atoms with Crippen LogP contribution in [0.25, 0.3) is 0 Å². The predicted molar refractivity (Wildman–Crippen MR) is 61.6 cm³/mol. The monoisotopic (exact) mass is 205 g/mol. The largest absolute Gasteiger partial charge is 0.300 e. The van der Waals surface area contributed by atoms with Gasteiger partial charge in [0, 0.05) is 6.04 Å². The molecule has 0 aromatic heterocycles. The van der Waals surface area contributed by atoms with Crippen LogP contribution in [0.1, 0.15) is 44.9 Å². The van der Waals surface area contributed by atoms with Crippen LogP contribution in [-0.2, 0) is 0 Å². The first-order valence-electron chi connectivity index (χ1n) is 7.14. The summed E-state index contributed by atoms with van der Waals surface area (Å²) in [7, 11) is 0. The van der Waals surface area contributed by atoms with Crippen LogP contribution < -0.4 is 0 Å². The summed E-state index contributed by atoms with van der Waals surface area (Å²) in [6.07, 6.45) is 10.9. The van der Waals surface area contributed by atoms with E-state index in [9.17, 15) is 0 Å². The zero-order valence-electron chi connectivity index (χ0n) is 9.70. The van der Waals surface area contributed by atoms with Gasteiger partial charge >= 0.3 is 0 Å². The van der Waals surface area contributed by atoms with E-state index < -0.39 is 0 Å². The van der Waals surface area contributed by atoms with Crippen LogP contribution >= 0.6 is 0 Å². The number of likely N-dealkylation sites (tertiary alicyclic amines) is 1. The van der Waals surface area contributed by atoms with Gasteiger partial charge in [0.25, 0.3) is 0 Å². The standard InChI is InChI=1S/C14H23N/c1-2-4-15(3-1)14-12-6-10-5-11(8-12)9-13(14)7-10/h10-14H,1-9H2. The Bertz CT molecular complexity index is 226. The van der Waals surface area contributed by atoms with Gasteiger partial charge < -0.3 is 0 Å². The lowest BCUT2D eigenvalue weighted by molar-refractivity contribution is -0.0582. The van der Waals surface area contributed by atoms with Gasteiger partial charge in [0.05, 0.1) is 0 Å². The molecular weight excluding hydrogens is 182 g/mol. The molecule has 4 bridgehead atoms. The molecule has 0 atom stereocenters. The van der Waals surface area contributed by atoms with E-state index in [0.29, 0.717) is 0 Å². The summed E-state index contributed by atoms with van der Waals surface area (Å²) in [6, 6.07) is 1.03. The van der Waals surface area contributed by atoms with E-state index in [1.165, 1.54) is 25.9 Å². The second-order valence-corrected chi connectivity index (χ2v) is 6.66. The quantitative estimate of drug-likeness (QED) is 0.636. The molecule has 0 N–H and O–H groups in total. The fraction of sp³-hybridized carbons (Fsp3) is 1.00. The SMILES string of the molecule is C1CCN(C2C3CC4CC(C3)CC2C4)C1. The molecule has 0 aromatic carbocycles. The molecule has 1 nitrogen and oxygen atoms in total. The second-order valence-electron chi connectivity index (χ2n) is 6.66. The lowest BCUT2D eigenvalue weighted by atomic mass is 9.54. The van der Waals surface area contributed by atoms with Gasteiger partial charge in [-0.3, -0.25) is 4.90 Å². The second kappa shape index (κ2) is 3.23. The van der Waals surface area contributed by atoms with Crippen LogP contribution in [0, 0.1) is 23.7 Å². The average Bonchev–Trinajstić information content (AvgIpc) is 2.69. The Labute approximate surface area is 93.2 Å². The molecule has 5 aliphatic rings. The van der Waals surface area contributed by atoms with Crippen LogP contribution in [0.2, 0.25) is 0 Å². The average molecular weight is 205 g/mol. The molecule has 5 rings (SSSR count). The van der Waals surface area contributed by atoms with Crippen LogP contribution in [0.3, 0.4) is 0 Å². The summed E-state index contributed by atoms with van der Waals surface area (Å²) in [6.45, 7) is 2.85. The van der Waals surface area contributed by atoms with Crippen molar-refractivity contribution in [3.63, 3.8) is 0 Å². The van der Waals surface area contributed by atoms with E-state index in [4.69, 9.17) is 0 Å². The summed E-state index contributed by atoms with van der Waals surface area (Å²) in [5, 5.41) is 0. The van der Waals surface area contributed by atoms with Crippen LogP contribution in [-0.4, -0.2) is 24.0 Å². The van der Waals surface area contributed by atoms with E-state index in [-0.39, 0.29) is 0 Å². The van der Waals surface area contributed by atoms with Gasteiger partial charge in [-0.1, -0.05) is 0 Å². The predicted octanol–water partition coefficient (Wildman–Crippen LogP) is 2.91. The number of nitrogens with zero attached hydrogens (tertiary/aromatic N) is 1. The Hall–Kier alpha value is -0.0400. The highest BCUT2D eigenvalue weighted by atomic mass is 15.2. The molecule has 0 amide bonds. The van der Waals surface area contributed by atoms with Crippen LogP contribution in [0.4, 0.5) is 0 Å². The highest BCUT2D eigenvalue weighted by molar-refractivity contribution is 5.02. The van der Waals surface area contributed by atoms with Crippen LogP contribution in [0.15, 0.2) is 0 Å². The summed E-state index contributed by atoms with van der Waals surface area (Å²) < 4.78 is 0.